The van der Waals surface area contributed by atoms with Gasteiger partial charge in [0.25, 0.3) is 0 Å². The molecule has 3 nitrogen and oxygen atoms in total. The van der Waals surface area contributed by atoms with E-state index in [1.165, 1.54) is 31.2 Å². The minimum absolute atomic E-state index is 0.479. The third-order valence-corrected chi connectivity index (χ3v) is 4.63. The van der Waals surface area contributed by atoms with Crippen LogP contribution in [0.5, 0.6) is 0 Å². The number of hydrogen-bond donors (Lipinski definition) is 1. The van der Waals surface area contributed by atoms with E-state index in [-0.39, 0.29) is 0 Å². The molecule has 0 spiro atoms. The van der Waals surface area contributed by atoms with E-state index < -0.39 is 0 Å². The van der Waals surface area contributed by atoms with Gasteiger partial charge in [0.05, 0.1) is 6.20 Å². The highest BCUT2D eigenvalue weighted by Crippen LogP contribution is 2.39. The molecule has 1 atom stereocenters. The minimum atomic E-state index is 0.479. The van der Waals surface area contributed by atoms with Crippen molar-refractivity contribution in [2.75, 3.05) is 7.05 Å². The summed E-state index contributed by atoms with van der Waals surface area (Å²) in [5.74, 6) is 2.55. The molecule has 0 aromatic carbocycles. The highest BCUT2D eigenvalue weighted by molar-refractivity contribution is 5.12. The molecule has 0 radical (unpaired) electrons. The van der Waals surface area contributed by atoms with Crippen LogP contribution in [0.3, 0.4) is 0 Å². The second-order valence-electron chi connectivity index (χ2n) is 6.13. The van der Waals surface area contributed by atoms with Crippen LogP contribution in [0.15, 0.2) is 12.4 Å². The average molecular weight is 249 g/mol. The zero-order valence-electron chi connectivity index (χ0n) is 12.2. The molecule has 1 aromatic rings. The van der Waals surface area contributed by atoms with Gasteiger partial charge in [0, 0.05) is 24.8 Å². The van der Waals surface area contributed by atoms with Crippen LogP contribution in [-0.4, -0.2) is 16.8 Å². The lowest BCUT2D eigenvalue weighted by molar-refractivity contribution is 0.192. The van der Waals surface area contributed by atoms with Crippen molar-refractivity contribution >= 4 is 0 Å². The number of nitrogens with one attached hydrogen (secondary N) is 1. The van der Waals surface area contributed by atoms with Gasteiger partial charge in [-0.05, 0) is 50.5 Å². The second-order valence-corrected chi connectivity index (χ2v) is 6.13. The van der Waals surface area contributed by atoms with Gasteiger partial charge in [-0.1, -0.05) is 13.8 Å². The lowest BCUT2D eigenvalue weighted by atomic mass is 9.74. The van der Waals surface area contributed by atoms with Gasteiger partial charge in [0.15, 0.2) is 0 Å². The molecule has 1 aromatic heterocycles. The van der Waals surface area contributed by atoms with Crippen molar-refractivity contribution in [3.8, 4) is 0 Å². The molecular formula is C15H27N3. The highest BCUT2D eigenvalue weighted by atomic mass is 15.2. The van der Waals surface area contributed by atoms with Crippen LogP contribution in [-0.2, 0) is 7.05 Å². The fourth-order valence-corrected chi connectivity index (χ4v) is 3.42. The number of nitrogens with zero attached hydrogens (tertiary/aromatic N) is 2. The van der Waals surface area contributed by atoms with Gasteiger partial charge >= 0.3 is 0 Å². The van der Waals surface area contributed by atoms with Gasteiger partial charge < -0.3 is 5.32 Å². The first kappa shape index (κ1) is 13.6. The lowest BCUT2D eigenvalue weighted by Gasteiger charge is -2.35. The molecule has 1 saturated carbocycles. The first-order valence-electron chi connectivity index (χ1n) is 7.27. The van der Waals surface area contributed by atoms with E-state index in [0.29, 0.717) is 6.04 Å². The fraction of sp³-hybridized carbons (Fsp3) is 0.800. The van der Waals surface area contributed by atoms with Gasteiger partial charge in [-0.2, -0.15) is 5.10 Å². The molecule has 1 aliphatic rings. The van der Waals surface area contributed by atoms with Gasteiger partial charge in [-0.3, -0.25) is 4.68 Å². The van der Waals surface area contributed by atoms with Crippen molar-refractivity contribution in [1.82, 2.24) is 15.1 Å². The molecule has 1 unspecified atom stereocenters. The number of aromatic nitrogens is 2. The summed E-state index contributed by atoms with van der Waals surface area (Å²) in [7, 11) is 4.07. The summed E-state index contributed by atoms with van der Waals surface area (Å²) in [6, 6.07) is 0.479. The van der Waals surface area contributed by atoms with Crippen LogP contribution in [0.1, 0.15) is 51.1 Å². The quantitative estimate of drug-likeness (QED) is 0.888. The smallest absolute Gasteiger partial charge is 0.0537 e. The Morgan fingerprint density at radius 2 is 1.83 bits per heavy atom. The van der Waals surface area contributed by atoms with Crippen LogP contribution < -0.4 is 5.32 Å². The highest BCUT2D eigenvalue weighted by Gasteiger charge is 2.29. The third-order valence-electron chi connectivity index (χ3n) is 4.63. The van der Waals surface area contributed by atoms with E-state index in [0.717, 1.165) is 17.8 Å². The molecule has 0 saturated heterocycles. The summed E-state index contributed by atoms with van der Waals surface area (Å²) >= 11 is 0. The van der Waals surface area contributed by atoms with Crippen molar-refractivity contribution < 1.29 is 0 Å². The summed E-state index contributed by atoms with van der Waals surface area (Å²) in [6.07, 6.45) is 9.64. The molecule has 1 fully saturated rings. The normalized spacial score (nSPS) is 26.5. The fourth-order valence-electron chi connectivity index (χ4n) is 3.42. The monoisotopic (exact) mass is 249 g/mol. The van der Waals surface area contributed by atoms with Crippen LogP contribution in [0.2, 0.25) is 0 Å². The molecule has 1 N–H and O–H groups in total. The Balaban J connectivity index is 1.98. The molecule has 18 heavy (non-hydrogen) atoms. The predicted molar refractivity (Wildman–Crippen MR) is 75.3 cm³/mol. The largest absolute Gasteiger partial charge is 0.313 e. The zero-order chi connectivity index (χ0) is 13.1. The van der Waals surface area contributed by atoms with Gasteiger partial charge in [-0.15, -0.1) is 0 Å². The van der Waals surface area contributed by atoms with E-state index in [1.54, 1.807) is 0 Å². The maximum absolute atomic E-state index is 4.30. The Labute approximate surface area is 111 Å². The minimum Gasteiger partial charge on any atom is -0.313 e. The summed E-state index contributed by atoms with van der Waals surface area (Å²) in [5.41, 5.74) is 1.34. The average Bonchev–Trinajstić information content (AvgIpc) is 2.77. The van der Waals surface area contributed by atoms with Gasteiger partial charge in [-0.25, -0.2) is 0 Å². The molecule has 2 rings (SSSR count). The summed E-state index contributed by atoms with van der Waals surface area (Å²) in [6.45, 7) is 4.73. The Hall–Kier alpha value is -0.830. The summed E-state index contributed by atoms with van der Waals surface area (Å²) < 4.78 is 1.90. The van der Waals surface area contributed by atoms with Crippen LogP contribution in [0, 0.1) is 17.8 Å². The van der Waals surface area contributed by atoms with Crippen molar-refractivity contribution in [3.63, 3.8) is 0 Å². The van der Waals surface area contributed by atoms with Gasteiger partial charge in [0.2, 0.25) is 0 Å². The Morgan fingerprint density at radius 3 is 2.28 bits per heavy atom. The van der Waals surface area contributed by atoms with Crippen molar-refractivity contribution in [3.05, 3.63) is 18.0 Å². The van der Waals surface area contributed by atoms with Crippen LogP contribution >= 0.6 is 0 Å². The molecule has 0 aliphatic heterocycles. The molecule has 102 valence electrons. The van der Waals surface area contributed by atoms with Gasteiger partial charge in [0.1, 0.15) is 0 Å². The van der Waals surface area contributed by atoms with E-state index in [1.807, 2.05) is 17.9 Å². The molecule has 1 heterocycles. The third kappa shape index (κ3) is 2.94. The summed E-state index contributed by atoms with van der Waals surface area (Å²) in [5, 5.41) is 7.79. The molecule has 0 bridgehead atoms. The van der Waals surface area contributed by atoms with Crippen molar-refractivity contribution in [2.45, 2.75) is 45.6 Å². The molecule has 1 aliphatic carbocycles. The van der Waals surface area contributed by atoms with E-state index in [4.69, 9.17) is 0 Å². The number of rotatable bonds is 4. The molecule has 3 heteroatoms. The maximum Gasteiger partial charge on any atom is 0.0537 e. The van der Waals surface area contributed by atoms with E-state index in [9.17, 15) is 0 Å². The maximum atomic E-state index is 4.30. The number of hydrogen-bond acceptors (Lipinski definition) is 2. The predicted octanol–water partition coefficient (Wildman–Crippen LogP) is 3.14. The van der Waals surface area contributed by atoms with Crippen LogP contribution in [0.4, 0.5) is 0 Å². The summed E-state index contributed by atoms with van der Waals surface area (Å²) in [4.78, 5) is 0. The Kier molecular flexibility index (Phi) is 4.44. The Bertz CT molecular complexity index is 362. The van der Waals surface area contributed by atoms with Crippen molar-refractivity contribution in [2.24, 2.45) is 24.8 Å². The second kappa shape index (κ2) is 5.87. The molecule has 0 amide bonds. The standard InChI is InChI=1S/C15H27N3/c1-11(2)12-5-7-13(8-6-12)15(16-3)14-9-17-18(4)10-14/h9-13,15-16H,5-8H2,1-4H3. The number of aryl methyl sites for hydroxylation is 1. The van der Waals surface area contributed by atoms with E-state index in [2.05, 4.69) is 37.5 Å². The lowest BCUT2D eigenvalue weighted by Crippen LogP contribution is -2.29. The topological polar surface area (TPSA) is 29.9 Å². The molecular weight excluding hydrogens is 222 g/mol. The zero-order valence-corrected chi connectivity index (χ0v) is 12.2. The van der Waals surface area contributed by atoms with Crippen LogP contribution in [0.25, 0.3) is 0 Å². The van der Waals surface area contributed by atoms with E-state index >= 15 is 0 Å². The first-order valence-corrected chi connectivity index (χ1v) is 7.27. The van der Waals surface area contributed by atoms with Crippen molar-refractivity contribution in [1.29, 1.82) is 0 Å². The SMILES string of the molecule is CNC(c1cnn(C)c1)C1CCC(C(C)C)CC1. The Morgan fingerprint density at radius 1 is 1.22 bits per heavy atom. The first-order chi connectivity index (χ1) is 8.61.